The largest absolute Gasteiger partial charge is 0.451 e. The molecule has 1 aromatic rings. The van der Waals surface area contributed by atoms with Gasteiger partial charge in [-0.2, -0.15) is 17.5 Å². The lowest BCUT2D eigenvalue weighted by molar-refractivity contribution is -0.147. The van der Waals surface area contributed by atoms with E-state index in [2.05, 4.69) is 10.2 Å². The van der Waals surface area contributed by atoms with Crippen LogP contribution in [0.2, 0.25) is 0 Å². The first-order valence-corrected chi connectivity index (χ1v) is 7.32. The molecule has 0 saturated heterocycles. The first-order chi connectivity index (χ1) is 9.25. The van der Waals surface area contributed by atoms with E-state index in [1.54, 1.807) is 0 Å². The fourth-order valence-electron chi connectivity index (χ4n) is 1.90. The molecule has 1 aromatic heterocycles. The molecule has 11 heteroatoms. The Bertz CT molecular complexity index is 584. The van der Waals surface area contributed by atoms with Crippen molar-refractivity contribution in [2.24, 2.45) is 0 Å². The SMILES string of the molecule is COCCS(=O)(=O)N1CCn2c(nnc2C(F)(F)F)C1. The normalized spacial score (nSPS) is 17.2. The number of alkyl halides is 3. The molecule has 0 atom stereocenters. The molecule has 0 fully saturated rings. The van der Waals surface area contributed by atoms with Crippen LogP contribution in [0, 0.1) is 0 Å². The number of halogens is 3. The van der Waals surface area contributed by atoms with E-state index < -0.39 is 22.0 Å². The fourth-order valence-corrected chi connectivity index (χ4v) is 3.21. The number of sulfonamides is 1. The third-order valence-corrected chi connectivity index (χ3v) is 4.69. The number of hydrogen-bond donors (Lipinski definition) is 0. The number of methoxy groups -OCH3 is 1. The van der Waals surface area contributed by atoms with E-state index in [4.69, 9.17) is 4.74 Å². The minimum absolute atomic E-state index is 0.00966. The Morgan fingerprint density at radius 1 is 1.30 bits per heavy atom. The highest BCUT2D eigenvalue weighted by atomic mass is 32.2. The molecule has 0 aliphatic carbocycles. The van der Waals surface area contributed by atoms with Gasteiger partial charge in [-0.05, 0) is 0 Å². The summed E-state index contributed by atoms with van der Waals surface area (Å²) in [6.45, 7) is -0.349. The number of ether oxygens (including phenoxy) is 1. The Balaban J connectivity index is 2.19. The van der Waals surface area contributed by atoms with Crippen molar-refractivity contribution in [1.29, 1.82) is 0 Å². The van der Waals surface area contributed by atoms with E-state index in [1.807, 2.05) is 0 Å². The summed E-state index contributed by atoms with van der Waals surface area (Å²) < 4.78 is 68.5. The van der Waals surface area contributed by atoms with Gasteiger partial charge in [-0.3, -0.25) is 0 Å². The molecule has 1 aliphatic heterocycles. The number of rotatable bonds is 4. The molecule has 0 unspecified atom stereocenters. The molecular formula is C9H13F3N4O3S. The third-order valence-electron chi connectivity index (χ3n) is 2.91. The predicted octanol–water partition coefficient (Wildman–Crippen LogP) is 0.0887. The highest BCUT2D eigenvalue weighted by Gasteiger charge is 2.40. The summed E-state index contributed by atoms with van der Waals surface area (Å²) in [6.07, 6.45) is -4.59. The zero-order valence-electron chi connectivity index (χ0n) is 10.6. The Morgan fingerprint density at radius 3 is 2.60 bits per heavy atom. The van der Waals surface area contributed by atoms with Crippen molar-refractivity contribution in [3.8, 4) is 0 Å². The van der Waals surface area contributed by atoms with Gasteiger partial charge in [-0.1, -0.05) is 0 Å². The van der Waals surface area contributed by atoms with Crippen molar-refractivity contribution in [3.63, 3.8) is 0 Å². The van der Waals surface area contributed by atoms with Crippen LogP contribution in [0.4, 0.5) is 13.2 Å². The molecule has 7 nitrogen and oxygen atoms in total. The molecule has 0 saturated carbocycles. The Morgan fingerprint density at radius 2 is 2.00 bits per heavy atom. The molecule has 2 heterocycles. The van der Waals surface area contributed by atoms with Crippen molar-refractivity contribution in [3.05, 3.63) is 11.6 Å². The first-order valence-electron chi connectivity index (χ1n) is 5.72. The Labute approximate surface area is 113 Å². The third kappa shape index (κ3) is 2.94. The molecule has 1 aliphatic rings. The van der Waals surface area contributed by atoms with Crippen molar-refractivity contribution in [1.82, 2.24) is 19.1 Å². The predicted molar refractivity (Wildman–Crippen MR) is 61.1 cm³/mol. The van der Waals surface area contributed by atoms with Crippen molar-refractivity contribution in [2.75, 3.05) is 26.0 Å². The topological polar surface area (TPSA) is 77.3 Å². The van der Waals surface area contributed by atoms with Gasteiger partial charge < -0.3 is 9.30 Å². The van der Waals surface area contributed by atoms with Crippen LogP contribution in [0.3, 0.4) is 0 Å². The van der Waals surface area contributed by atoms with Crippen LogP contribution in [0.25, 0.3) is 0 Å². The standard InChI is InChI=1S/C9H13F3N4O3S/c1-19-4-5-20(17,18)15-2-3-16-7(6-15)13-14-8(16)9(10,11)12/h2-6H2,1H3. The first kappa shape index (κ1) is 15.2. The second-order valence-electron chi connectivity index (χ2n) is 4.23. The van der Waals surface area contributed by atoms with Gasteiger partial charge in [0.25, 0.3) is 0 Å². The number of aromatic nitrogens is 3. The van der Waals surface area contributed by atoms with Gasteiger partial charge in [0.2, 0.25) is 15.8 Å². The summed E-state index contributed by atoms with van der Waals surface area (Å²) in [5.74, 6) is -1.32. The minimum atomic E-state index is -4.59. The van der Waals surface area contributed by atoms with Gasteiger partial charge in [0.15, 0.2) is 0 Å². The lowest BCUT2D eigenvalue weighted by Crippen LogP contribution is -2.41. The van der Waals surface area contributed by atoms with Crippen LogP contribution in [-0.2, 0) is 34.0 Å². The maximum absolute atomic E-state index is 12.6. The average molecular weight is 314 g/mol. The van der Waals surface area contributed by atoms with Crippen LogP contribution < -0.4 is 0 Å². The smallest absolute Gasteiger partial charge is 0.384 e. The van der Waals surface area contributed by atoms with E-state index in [0.717, 1.165) is 8.87 Å². The van der Waals surface area contributed by atoms with Crippen LogP contribution in [0.15, 0.2) is 0 Å². The quantitative estimate of drug-likeness (QED) is 0.787. The van der Waals surface area contributed by atoms with Gasteiger partial charge in [0.05, 0.1) is 18.9 Å². The van der Waals surface area contributed by atoms with Crippen LogP contribution in [-0.4, -0.2) is 53.5 Å². The van der Waals surface area contributed by atoms with Gasteiger partial charge in [0, 0.05) is 20.2 Å². The average Bonchev–Trinajstić information content (AvgIpc) is 2.79. The summed E-state index contributed by atoms with van der Waals surface area (Å²) in [4.78, 5) is 0. The number of fused-ring (bicyclic) bond motifs is 1. The molecule has 20 heavy (non-hydrogen) atoms. The molecule has 0 bridgehead atoms. The molecule has 114 valence electrons. The van der Waals surface area contributed by atoms with Crippen molar-refractivity contribution in [2.45, 2.75) is 19.3 Å². The maximum atomic E-state index is 12.6. The molecule has 0 aromatic carbocycles. The lowest BCUT2D eigenvalue weighted by Gasteiger charge is -2.27. The molecule has 0 radical (unpaired) electrons. The van der Waals surface area contributed by atoms with Crippen LogP contribution >= 0.6 is 0 Å². The van der Waals surface area contributed by atoms with Gasteiger partial charge in [-0.15, -0.1) is 10.2 Å². The number of hydrogen-bond acceptors (Lipinski definition) is 5. The fraction of sp³-hybridized carbons (Fsp3) is 0.778. The van der Waals surface area contributed by atoms with Crippen LogP contribution in [0.5, 0.6) is 0 Å². The number of nitrogens with zero attached hydrogens (tertiary/aromatic N) is 4. The Kier molecular flexibility index (Phi) is 4.02. The summed E-state index contributed by atoms with van der Waals surface area (Å²) in [7, 11) is -2.20. The summed E-state index contributed by atoms with van der Waals surface area (Å²) >= 11 is 0. The second-order valence-corrected chi connectivity index (χ2v) is 6.32. The highest BCUT2D eigenvalue weighted by Crippen LogP contribution is 2.29. The second kappa shape index (κ2) is 5.30. The van der Waals surface area contributed by atoms with E-state index in [-0.39, 0.29) is 37.8 Å². The maximum Gasteiger partial charge on any atom is 0.451 e. The van der Waals surface area contributed by atoms with E-state index in [9.17, 15) is 21.6 Å². The monoisotopic (exact) mass is 314 g/mol. The zero-order chi connectivity index (χ0) is 15.0. The van der Waals surface area contributed by atoms with E-state index in [1.165, 1.54) is 7.11 Å². The van der Waals surface area contributed by atoms with E-state index >= 15 is 0 Å². The van der Waals surface area contributed by atoms with Gasteiger partial charge in [0.1, 0.15) is 5.82 Å². The molecule has 0 amide bonds. The minimum Gasteiger partial charge on any atom is -0.384 e. The van der Waals surface area contributed by atoms with Gasteiger partial charge >= 0.3 is 6.18 Å². The molecular weight excluding hydrogens is 301 g/mol. The molecule has 0 N–H and O–H groups in total. The van der Waals surface area contributed by atoms with Gasteiger partial charge in [-0.25, -0.2) is 8.42 Å². The lowest BCUT2D eigenvalue weighted by atomic mass is 10.4. The van der Waals surface area contributed by atoms with Crippen molar-refractivity contribution >= 4 is 10.0 Å². The van der Waals surface area contributed by atoms with Crippen molar-refractivity contribution < 1.29 is 26.3 Å². The highest BCUT2D eigenvalue weighted by molar-refractivity contribution is 7.89. The molecule has 2 rings (SSSR count). The molecule has 0 spiro atoms. The summed E-state index contributed by atoms with van der Waals surface area (Å²) in [5, 5.41) is 6.51. The van der Waals surface area contributed by atoms with Crippen LogP contribution in [0.1, 0.15) is 11.6 Å². The zero-order valence-corrected chi connectivity index (χ0v) is 11.4. The Hall–Kier alpha value is -1.20. The summed E-state index contributed by atoms with van der Waals surface area (Å²) in [5.41, 5.74) is 0. The van der Waals surface area contributed by atoms with E-state index in [0.29, 0.717) is 0 Å². The summed E-state index contributed by atoms with van der Waals surface area (Å²) in [6, 6.07) is 0.